The minimum atomic E-state index is 0. The van der Waals surface area contributed by atoms with Crippen LogP contribution in [-0.2, 0) is 11.3 Å². The average Bonchev–Trinajstić information content (AvgIpc) is 2.82. The Balaban J connectivity index is 0.00000220. The van der Waals surface area contributed by atoms with Crippen LogP contribution in [0.2, 0.25) is 0 Å². The molecule has 1 amide bonds. The zero-order valence-corrected chi connectivity index (χ0v) is 14.9. The first kappa shape index (κ1) is 21.0. The topological polar surface area (TPSA) is 58.4 Å². The molecule has 3 N–H and O–H groups in total. The van der Waals surface area contributed by atoms with E-state index in [9.17, 15) is 4.79 Å². The van der Waals surface area contributed by atoms with Gasteiger partial charge in [0.25, 0.3) is 0 Å². The molecule has 0 aliphatic heterocycles. The van der Waals surface area contributed by atoms with E-state index in [2.05, 4.69) is 22.3 Å². The molecule has 22 heavy (non-hydrogen) atoms. The van der Waals surface area contributed by atoms with Crippen LogP contribution in [0.15, 0.2) is 24.3 Å². The molecule has 0 unspecified atom stereocenters. The second kappa shape index (κ2) is 9.93. The molecule has 2 rings (SSSR count). The van der Waals surface area contributed by atoms with Crippen LogP contribution < -0.4 is 16.0 Å². The fourth-order valence-corrected chi connectivity index (χ4v) is 2.77. The summed E-state index contributed by atoms with van der Waals surface area (Å²) < 4.78 is 0. The van der Waals surface area contributed by atoms with Gasteiger partial charge >= 0.3 is 0 Å². The van der Waals surface area contributed by atoms with Crippen LogP contribution in [0.3, 0.4) is 0 Å². The average molecular weight is 348 g/mol. The maximum absolute atomic E-state index is 12.0. The van der Waals surface area contributed by atoms with Gasteiger partial charge in [-0.05, 0) is 36.5 Å². The van der Waals surface area contributed by atoms with Gasteiger partial charge in [-0.25, -0.2) is 0 Å². The molecular weight excluding hydrogens is 321 g/mol. The number of anilines is 1. The summed E-state index contributed by atoms with van der Waals surface area (Å²) in [5.41, 5.74) is 8.28. The van der Waals surface area contributed by atoms with Crippen LogP contribution in [0.25, 0.3) is 0 Å². The van der Waals surface area contributed by atoms with Crippen molar-refractivity contribution in [3.63, 3.8) is 0 Å². The third kappa shape index (κ3) is 6.03. The van der Waals surface area contributed by atoms with Gasteiger partial charge in [-0.15, -0.1) is 24.8 Å². The van der Waals surface area contributed by atoms with E-state index in [1.807, 2.05) is 26.2 Å². The predicted molar refractivity (Wildman–Crippen MR) is 97.0 cm³/mol. The Morgan fingerprint density at radius 1 is 1.32 bits per heavy atom. The standard InChI is InChI=1S/C16H25N3O.2ClH/c1-19(2)14-7-3-5-12(9-14)11-18-16(20)10-13-6-4-8-15(13)17;;/h3,5,7,9,13,15H,4,6,8,10-11,17H2,1-2H3,(H,18,20);2*1H/t13-,15+;;/m0../s1. The largest absolute Gasteiger partial charge is 0.378 e. The first-order chi connectivity index (χ1) is 9.56. The summed E-state index contributed by atoms with van der Waals surface area (Å²) >= 11 is 0. The van der Waals surface area contributed by atoms with E-state index in [4.69, 9.17) is 5.73 Å². The van der Waals surface area contributed by atoms with Gasteiger partial charge in [0, 0.05) is 38.8 Å². The number of nitrogens with one attached hydrogen (secondary N) is 1. The third-order valence-corrected chi connectivity index (χ3v) is 4.08. The maximum Gasteiger partial charge on any atom is 0.220 e. The highest BCUT2D eigenvalue weighted by Gasteiger charge is 2.25. The van der Waals surface area contributed by atoms with Gasteiger partial charge in [0.1, 0.15) is 0 Å². The van der Waals surface area contributed by atoms with Gasteiger partial charge in [0.05, 0.1) is 0 Å². The molecule has 4 nitrogen and oxygen atoms in total. The Hall–Kier alpha value is -0.970. The maximum atomic E-state index is 12.0. The summed E-state index contributed by atoms with van der Waals surface area (Å²) in [6.45, 7) is 0.586. The first-order valence-corrected chi connectivity index (χ1v) is 7.35. The third-order valence-electron chi connectivity index (χ3n) is 4.08. The number of hydrogen-bond acceptors (Lipinski definition) is 3. The lowest BCUT2D eigenvalue weighted by molar-refractivity contribution is -0.122. The zero-order valence-electron chi connectivity index (χ0n) is 13.2. The number of nitrogens with zero attached hydrogens (tertiary/aromatic N) is 1. The second-order valence-corrected chi connectivity index (χ2v) is 5.90. The van der Waals surface area contributed by atoms with Gasteiger partial charge in [-0.3, -0.25) is 4.79 Å². The molecule has 126 valence electrons. The lowest BCUT2D eigenvalue weighted by Gasteiger charge is -2.16. The van der Waals surface area contributed by atoms with Crippen LogP contribution in [-0.4, -0.2) is 26.0 Å². The fourth-order valence-electron chi connectivity index (χ4n) is 2.77. The van der Waals surface area contributed by atoms with E-state index in [1.54, 1.807) is 0 Å². The van der Waals surface area contributed by atoms with Crippen LogP contribution in [0, 0.1) is 5.92 Å². The number of nitrogens with two attached hydrogens (primary N) is 1. The summed E-state index contributed by atoms with van der Waals surface area (Å²) in [6.07, 6.45) is 3.87. The Kier molecular flexibility index (Phi) is 9.49. The highest BCUT2D eigenvalue weighted by molar-refractivity contribution is 5.85. The molecule has 0 bridgehead atoms. The van der Waals surface area contributed by atoms with E-state index < -0.39 is 0 Å². The predicted octanol–water partition coefficient (Wildman–Crippen LogP) is 2.73. The van der Waals surface area contributed by atoms with Crippen molar-refractivity contribution in [2.45, 2.75) is 38.3 Å². The van der Waals surface area contributed by atoms with Crippen LogP contribution in [0.1, 0.15) is 31.2 Å². The van der Waals surface area contributed by atoms with Crippen molar-refractivity contribution in [1.29, 1.82) is 0 Å². The lowest BCUT2D eigenvalue weighted by Crippen LogP contribution is -2.31. The Labute approximate surface area is 145 Å². The minimum absolute atomic E-state index is 0. The van der Waals surface area contributed by atoms with Gasteiger partial charge in [0.2, 0.25) is 5.91 Å². The van der Waals surface area contributed by atoms with Gasteiger partial charge in [-0.1, -0.05) is 18.6 Å². The normalized spacial score (nSPS) is 19.8. The summed E-state index contributed by atoms with van der Waals surface area (Å²) in [5.74, 6) is 0.478. The van der Waals surface area contributed by atoms with Crippen molar-refractivity contribution in [2.75, 3.05) is 19.0 Å². The number of rotatable bonds is 5. The smallest absolute Gasteiger partial charge is 0.220 e. The Morgan fingerprint density at radius 2 is 2.05 bits per heavy atom. The molecule has 1 aliphatic carbocycles. The van der Waals surface area contributed by atoms with Crippen molar-refractivity contribution >= 4 is 36.4 Å². The number of carbonyl (C=O) groups is 1. The van der Waals surface area contributed by atoms with Crippen molar-refractivity contribution in [1.82, 2.24) is 5.32 Å². The Bertz CT molecular complexity index is 468. The molecule has 2 atom stereocenters. The SMILES string of the molecule is CN(C)c1cccc(CNC(=O)C[C@@H]2CCC[C@H]2N)c1.Cl.Cl. The summed E-state index contributed by atoms with van der Waals surface area (Å²) in [5, 5.41) is 3.00. The summed E-state index contributed by atoms with van der Waals surface area (Å²) in [7, 11) is 4.03. The number of hydrogen-bond donors (Lipinski definition) is 2. The van der Waals surface area contributed by atoms with E-state index in [0.717, 1.165) is 30.5 Å². The molecule has 0 saturated heterocycles. The van der Waals surface area contributed by atoms with E-state index >= 15 is 0 Å². The molecule has 0 radical (unpaired) electrons. The van der Waals surface area contributed by atoms with Crippen LogP contribution >= 0.6 is 24.8 Å². The lowest BCUT2D eigenvalue weighted by atomic mass is 10.00. The van der Waals surface area contributed by atoms with Crippen molar-refractivity contribution in [3.8, 4) is 0 Å². The quantitative estimate of drug-likeness (QED) is 0.860. The minimum Gasteiger partial charge on any atom is -0.378 e. The van der Waals surface area contributed by atoms with E-state index in [-0.39, 0.29) is 36.8 Å². The fraction of sp³-hybridized carbons (Fsp3) is 0.562. The Morgan fingerprint density at radius 3 is 2.64 bits per heavy atom. The molecule has 6 heteroatoms. The van der Waals surface area contributed by atoms with Gasteiger partial charge in [-0.2, -0.15) is 0 Å². The van der Waals surface area contributed by atoms with Crippen LogP contribution in [0.4, 0.5) is 5.69 Å². The number of halogens is 2. The highest BCUT2D eigenvalue weighted by atomic mass is 35.5. The van der Waals surface area contributed by atoms with Gasteiger partial charge in [0.15, 0.2) is 0 Å². The molecule has 1 fully saturated rings. The van der Waals surface area contributed by atoms with Crippen molar-refractivity contribution in [3.05, 3.63) is 29.8 Å². The molecule has 1 aromatic rings. The van der Waals surface area contributed by atoms with E-state index in [1.165, 1.54) is 0 Å². The second-order valence-electron chi connectivity index (χ2n) is 5.90. The number of benzene rings is 1. The molecule has 1 aliphatic rings. The van der Waals surface area contributed by atoms with Crippen molar-refractivity contribution < 1.29 is 4.79 Å². The number of carbonyl (C=O) groups excluding carboxylic acids is 1. The molecule has 1 saturated carbocycles. The van der Waals surface area contributed by atoms with Crippen molar-refractivity contribution in [2.24, 2.45) is 11.7 Å². The monoisotopic (exact) mass is 347 g/mol. The first-order valence-electron chi connectivity index (χ1n) is 7.35. The summed E-state index contributed by atoms with van der Waals surface area (Å²) in [4.78, 5) is 14.0. The summed E-state index contributed by atoms with van der Waals surface area (Å²) in [6, 6.07) is 8.42. The number of amides is 1. The zero-order chi connectivity index (χ0) is 14.5. The molecular formula is C16H27Cl2N3O. The van der Waals surface area contributed by atoms with Crippen LogP contribution in [0.5, 0.6) is 0 Å². The molecule has 1 aromatic carbocycles. The molecule has 0 heterocycles. The molecule has 0 aromatic heterocycles. The van der Waals surface area contributed by atoms with E-state index in [0.29, 0.717) is 18.9 Å². The van der Waals surface area contributed by atoms with Gasteiger partial charge < -0.3 is 16.0 Å². The molecule has 0 spiro atoms. The highest BCUT2D eigenvalue weighted by Crippen LogP contribution is 2.26.